The molecule has 3 aromatic rings. The number of hydrogen-bond acceptors (Lipinski definition) is 7. The Morgan fingerprint density at radius 1 is 1.07 bits per heavy atom. The van der Waals surface area contributed by atoms with Crippen molar-refractivity contribution in [2.24, 2.45) is 0 Å². The first-order chi connectivity index (χ1) is 13.2. The Morgan fingerprint density at radius 3 is 2.63 bits per heavy atom. The van der Waals surface area contributed by atoms with Gasteiger partial charge in [-0.3, -0.25) is 9.52 Å². The van der Waals surface area contributed by atoms with Crippen molar-refractivity contribution in [2.75, 3.05) is 37.9 Å². The van der Waals surface area contributed by atoms with Crippen LogP contribution < -0.4 is 4.72 Å². The average molecular weight is 417 g/mol. The number of carbonyl (C=O) groups is 1. The summed E-state index contributed by atoms with van der Waals surface area (Å²) < 4.78 is 3.11. The summed E-state index contributed by atoms with van der Waals surface area (Å²) in [6, 6.07) is 12.5. The van der Waals surface area contributed by atoms with Crippen LogP contribution in [0.15, 0.2) is 47.2 Å². The van der Waals surface area contributed by atoms with E-state index in [-0.39, 0.29) is 5.24 Å². The Balaban J connectivity index is 1.36. The fourth-order valence-electron chi connectivity index (χ4n) is 2.83. The summed E-state index contributed by atoms with van der Waals surface area (Å²) in [5, 5.41) is 5.00. The molecule has 0 radical (unpaired) electrons. The molecule has 27 heavy (non-hydrogen) atoms. The van der Waals surface area contributed by atoms with Crippen molar-refractivity contribution in [1.29, 1.82) is 0 Å². The molecule has 0 atom stereocenters. The van der Waals surface area contributed by atoms with Gasteiger partial charge in [-0.25, -0.2) is 4.98 Å². The number of hydrogen-bond donors (Lipinski definition) is 1. The summed E-state index contributed by atoms with van der Waals surface area (Å²) in [4.78, 5) is 22.2. The Kier molecular flexibility index (Phi) is 5.77. The number of piperazine rings is 1. The fraction of sp³-hybridized carbons (Fsp3) is 0.263. The van der Waals surface area contributed by atoms with Gasteiger partial charge in [-0.15, -0.1) is 22.7 Å². The third kappa shape index (κ3) is 4.52. The van der Waals surface area contributed by atoms with Crippen LogP contribution in [0.4, 0.5) is 9.93 Å². The lowest BCUT2D eigenvalue weighted by molar-refractivity contribution is 0.172. The van der Waals surface area contributed by atoms with Gasteiger partial charge in [-0.2, -0.15) is 0 Å². The van der Waals surface area contributed by atoms with E-state index in [0.29, 0.717) is 0 Å². The number of nitrogens with one attached hydrogen (secondary N) is 1. The summed E-state index contributed by atoms with van der Waals surface area (Å²) in [5.41, 5.74) is 3.36. The quantitative estimate of drug-likeness (QED) is 0.609. The van der Waals surface area contributed by atoms with E-state index in [0.717, 1.165) is 53.8 Å². The smallest absolute Gasteiger partial charge is 0.302 e. The number of benzene rings is 1. The minimum Gasteiger partial charge on any atom is -0.330 e. The lowest BCUT2D eigenvalue weighted by Gasteiger charge is -2.31. The van der Waals surface area contributed by atoms with Gasteiger partial charge < -0.3 is 9.80 Å². The molecular formula is C19H20N4OS3. The second kappa shape index (κ2) is 8.43. The van der Waals surface area contributed by atoms with E-state index >= 15 is 0 Å². The van der Waals surface area contributed by atoms with Gasteiger partial charge in [0, 0.05) is 43.5 Å². The van der Waals surface area contributed by atoms with Crippen molar-refractivity contribution in [2.45, 2.75) is 0 Å². The van der Waals surface area contributed by atoms with Crippen LogP contribution in [0.5, 0.6) is 0 Å². The molecule has 1 amide bonds. The van der Waals surface area contributed by atoms with E-state index in [2.05, 4.69) is 45.2 Å². The summed E-state index contributed by atoms with van der Waals surface area (Å²) in [6.07, 6.45) is 0. The standard InChI is InChI=1S/C19H20N4OS3/c1-22-7-9-23(10-8-22)19(24)27-21-18-20-16(13-26-18)17-11-15(12-25-17)14-5-3-2-4-6-14/h2-6,11-13H,7-10H2,1H3,(H,20,21). The molecule has 1 aliphatic rings. The summed E-state index contributed by atoms with van der Waals surface area (Å²) >= 11 is 4.33. The Hall–Kier alpha value is -1.87. The topological polar surface area (TPSA) is 48.5 Å². The average Bonchev–Trinajstić information content (AvgIpc) is 3.37. The van der Waals surface area contributed by atoms with Crippen LogP contribution >= 0.6 is 34.6 Å². The summed E-state index contributed by atoms with van der Waals surface area (Å²) in [7, 11) is 2.08. The molecule has 5 nitrogen and oxygen atoms in total. The second-order valence-corrected chi connectivity index (χ2v) is 8.89. The van der Waals surface area contributed by atoms with Gasteiger partial charge in [0.2, 0.25) is 0 Å². The minimum atomic E-state index is 0.0577. The molecule has 3 heterocycles. The van der Waals surface area contributed by atoms with Gasteiger partial charge in [-0.05, 0) is 29.6 Å². The Bertz CT molecular complexity index is 901. The van der Waals surface area contributed by atoms with Gasteiger partial charge in [-0.1, -0.05) is 30.3 Å². The molecule has 8 heteroatoms. The molecule has 1 aliphatic heterocycles. The number of rotatable bonds is 4. The normalized spacial score (nSPS) is 15.1. The molecule has 1 fully saturated rings. The zero-order valence-corrected chi connectivity index (χ0v) is 17.4. The minimum absolute atomic E-state index is 0.0577. The molecule has 140 valence electrons. The van der Waals surface area contributed by atoms with Crippen molar-refractivity contribution >= 4 is 45.0 Å². The van der Waals surface area contributed by atoms with E-state index in [1.165, 1.54) is 22.5 Å². The maximum atomic E-state index is 12.3. The molecular weight excluding hydrogens is 396 g/mol. The van der Waals surface area contributed by atoms with Crippen LogP contribution in [0.3, 0.4) is 0 Å². The first-order valence-electron chi connectivity index (χ1n) is 8.69. The molecule has 1 saturated heterocycles. The number of anilines is 1. The number of thiophene rings is 1. The number of carbonyl (C=O) groups excluding carboxylic acids is 1. The monoisotopic (exact) mass is 416 g/mol. The van der Waals surface area contributed by atoms with Crippen molar-refractivity contribution < 1.29 is 4.79 Å². The van der Waals surface area contributed by atoms with E-state index in [1.807, 2.05) is 28.5 Å². The van der Waals surface area contributed by atoms with Gasteiger partial charge >= 0.3 is 5.24 Å². The van der Waals surface area contributed by atoms with Crippen LogP contribution in [0.25, 0.3) is 21.7 Å². The van der Waals surface area contributed by atoms with Crippen LogP contribution in [0.1, 0.15) is 0 Å². The second-order valence-electron chi connectivity index (χ2n) is 6.36. The lowest BCUT2D eigenvalue weighted by Crippen LogP contribution is -2.46. The van der Waals surface area contributed by atoms with Crippen molar-refractivity contribution in [3.8, 4) is 21.7 Å². The first kappa shape index (κ1) is 18.5. The van der Waals surface area contributed by atoms with Crippen molar-refractivity contribution in [3.05, 3.63) is 47.2 Å². The van der Waals surface area contributed by atoms with E-state index < -0.39 is 0 Å². The van der Waals surface area contributed by atoms with Gasteiger partial charge in [0.1, 0.15) is 0 Å². The van der Waals surface area contributed by atoms with Crippen LogP contribution in [-0.4, -0.2) is 53.2 Å². The van der Waals surface area contributed by atoms with E-state index in [9.17, 15) is 4.79 Å². The molecule has 2 aromatic heterocycles. The van der Waals surface area contributed by atoms with Gasteiger partial charge in [0.15, 0.2) is 5.13 Å². The first-order valence-corrected chi connectivity index (χ1v) is 11.3. The van der Waals surface area contributed by atoms with Crippen LogP contribution in [0.2, 0.25) is 0 Å². The molecule has 0 unspecified atom stereocenters. The lowest BCUT2D eigenvalue weighted by atomic mass is 10.1. The Labute approximate surface area is 171 Å². The highest BCUT2D eigenvalue weighted by atomic mass is 32.2. The third-order valence-electron chi connectivity index (χ3n) is 4.45. The highest BCUT2D eigenvalue weighted by Crippen LogP contribution is 2.34. The molecule has 1 N–H and O–H groups in total. The highest BCUT2D eigenvalue weighted by Gasteiger charge is 2.20. The fourth-order valence-corrected chi connectivity index (χ4v) is 5.18. The molecule has 0 aliphatic carbocycles. The third-order valence-corrected chi connectivity index (χ3v) is 7.02. The predicted octanol–water partition coefficient (Wildman–Crippen LogP) is 4.97. The number of aromatic nitrogens is 1. The van der Waals surface area contributed by atoms with Gasteiger partial charge in [0.05, 0.1) is 10.6 Å². The van der Waals surface area contributed by atoms with E-state index in [4.69, 9.17) is 0 Å². The number of nitrogens with zero attached hydrogens (tertiary/aromatic N) is 3. The highest BCUT2D eigenvalue weighted by molar-refractivity contribution is 8.14. The van der Waals surface area contributed by atoms with Crippen molar-refractivity contribution in [1.82, 2.24) is 14.8 Å². The predicted molar refractivity (Wildman–Crippen MR) is 117 cm³/mol. The Morgan fingerprint density at radius 2 is 1.85 bits per heavy atom. The molecule has 1 aromatic carbocycles. The molecule has 0 spiro atoms. The summed E-state index contributed by atoms with van der Waals surface area (Å²) in [6.45, 7) is 3.42. The molecule has 4 rings (SSSR count). The van der Waals surface area contributed by atoms with E-state index in [1.54, 1.807) is 11.3 Å². The molecule has 0 saturated carbocycles. The number of likely N-dealkylation sites (N-methyl/N-ethyl adjacent to an activating group) is 1. The SMILES string of the molecule is CN1CCN(C(=O)SNc2nc(-c3cc(-c4ccccc4)cs3)cs2)CC1. The number of thiazole rings is 1. The maximum absolute atomic E-state index is 12.3. The van der Waals surface area contributed by atoms with Crippen LogP contribution in [-0.2, 0) is 0 Å². The number of amides is 1. The summed E-state index contributed by atoms with van der Waals surface area (Å²) in [5.74, 6) is 0. The molecule has 0 bridgehead atoms. The van der Waals surface area contributed by atoms with Crippen molar-refractivity contribution in [3.63, 3.8) is 0 Å². The largest absolute Gasteiger partial charge is 0.330 e. The maximum Gasteiger partial charge on any atom is 0.302 e. The zero-order chi connectivity index (χ0) is 18.6. The van der Waals surface area contributed by atoms with Gasteiger partial charge in [0.25, 0.3) is 0 Å². The van der Waals surface area contributed by atoms with Crippen LogP contribution in [0, 0.1) is 0 Å². The zero-order valence-electron chi connectivity index (χ0n) is 14.9.